The van der Waals surface area contributed by atoms with E-state index in [1.165, 1.54) is 5.56 Å². The zero-order valence-corrected chi connectivity index (χ0v) is 13.8. The van der Waals surface area contributed by atoms with Gasteiger partial charge >= 0.3 is 6.09 Å². The molecule has 0 saturated heterocycles. The number of rotatable bonds is 6. The number of carbonyl (C=O) groups excluding carboxylic acids is 1. The third kappa shape index (κ3) is 4.60. The van der Waals surface area contributed by atoms with Crippen molar-refractivity contribution in [1.29, 1.82) is 0 Å². The average molecular weight is 338 g/mol. The van der Waals surface area contributed by atoms with Crippen LogP contribution in [0.4, 0.5) is 4.79 Å². The number of aromatic nitrogens is 1. The Morgan fingerprint density at radius 1 is 1.08 bits per heavy atom. The van der Waals surface area contributed by atoms with E-state index in [0.717, 1.165) is 16.9 Å². The van der Waals surface area contributed by atoms with Crippen LogP contribution in [-0.4, -0.2) is 11.2 Å². The minimum absolute atomic E-state index is 0.0416. The maximum atomic E-state index is 10.6. The van der Waals surface area contributed by atoms with Gasteiger partial charge in [-0.05, 0) is 36.8 Å². The smallest absolute Gasteiger partial charge is 0.404 e. The number of nitrogens with zero attached hydrogens (tertiary/aromatic N) is 1. The van der Waals surface area contributed by atoms with Crippen molar-refractivity contribution in [3.05, 3.63) is 71.5 Å². The van der Waals surface area contributed by atoms with Gasteiger partial charge in [-0.15, -0.1) is 0 Å². The third-order valence-corrected chi connectivity index (χ3v) is 3.59. The van der Waals surface area contributed by atoms with Crippen LogP contribution >= 0.6 is 0 Å². The predicted octanol–water partition coefficient (Wildman–Crippen LogP) is 3.82. The Morgan fingerprint density at radius 2 is 1.80 bits per heavy atom. The van der Waals surface area contributed by atoms with Gasteiger partial charge < -0.3 is 19.7 Å². The molecule has 1 aromatic heterocycles. The minimum Gasteiger partial charge on any atom is -0.489 e. The van der Waals surface area contributed by atoms with Gasteiger partial charge in [-0.3, -0.25) is 0 Å². The van der Waals surface area contributed by atoms with Gasteiger partial charge in [0.25, 0.3) is 0 Å². The Kier molecular flexibility index (Phi) is 4.99. The van der Waals surface area contributed by atoms with Crippen LogP contribution in [0.5, 0.6) is 5.75 Å². The van der Waals surface area contributed by atoms with E-state index in [0.29, 0.717) is 18.1 Å². The summed E-state index contributed by atoms with van der Waals surface area (Å²) in [7, 11) is 0. The van der Waals surface area contributed by atoms with Crippen molar-refractivity contribution < 1.29 is 18.8 Å². The summed E-state index contributed by atoms with van der Waals surface area (Å²) in [6.45, 7) is 2.52. The molecule has 0 aliphatic rings. The molecule has 6 nitrogen and oxygen atoms in total. The first-order valence-corrected chi connectivity index (χ1v) is 7.77. The fourth-order valence-electron chi connectivity index (χ4n) is 2.23. The van der Waals surface area contributed by atoms with Gasteiger partial charge in [0.1, 0.15) is 18.1 Å². The number of nitrogens with two attached hydrogens (primary N) is 1. The summed E-state index contributed by atoms with van der Waals surface area (Å²) < 4.78 is 15.5. The summed E-state index contributed by atoms with van der Waals surface area (Å²) in [4.78, 5) is 10.6. The SMILES string of the molecule is Cc1ccc(COc2ccc(-c3cc(COC(N)=O)on3)cc2)cc1. The van der Waals surface area contributed by atoms with Crippen molar-refractivity contribution >= 4 is 6.09 Å². The van der Waals surface area contributed by atoms with Gasteiger partial charge in [-0.2, -0.15) is 0 Å². The molecule has 2 N–H and O–H groups in total. The van der Waals surface area contributed by atoms with Crippen LogP contribution in [0.25, 0.3) is 11.3 Å². The van der Waals surface area contributed by atoms with Crippen LogP contribution in [0.15, 0.2) is 59.1 Å². The Balaban J connectivity index is 1.60. The van der Waals surface area contributed by atoms with E-state index in [-0.39, 0.29) is 6.61 Å². The van der Waals surface area contributed by atoms with Crippen molar-refractivity contribution in [2.24, 2.45) is 5.73 Å². The van der Waals surface area contributed by atoms with Gasteiger partial charge in [0.15, 0.2) is 12.4 Å². The number of hydrogen-bond donors (Lipinski definition) is 1. The molecule has 3 aromatic rings. The van der Waals surface area contributed by atoms with Crippen LogP contribution < -0.4 is 10.5 Å². The van der Waals surface area contributed by atoms with E-state index in [1.807, 2.05) is 24.3 Å². The summed E-state index contributed by atoms with van der Waals surface area (Å²) >= 11 is 0. The maximum Gasteiger partial charge on any atom is 0.404 e. The van der Waals surface area contributed by atoms with Crippen LogP contribution in [0, 0.1) is 6.92 Å². The monoisotopic (exact) mass is 338 g/mol. The topological polar surface area (TPSA) is 87.6 Å². The second-order valence-electron chi connectivity index (χ2n) is 5.58. The molecule has 0 saturated carbocycles. The highest BCUT2D eigenvalue weighted by Gasteiger charge is 2.08. The Hall–Kier alpha value is -3.28. The highest BCUT2D eigenvalue weighted by atomic mass is 16.6. The number of amides is 1. The van der Waals surface area contributed by atoms with E-state index in [1.54, 1.807) is 6.07 Å². The molecule has 0 atom stereocenters. The van der Waals surface area contributed by atoms with E-state index >= 15 is 0 Å². The highest BCUT2D eigenvalue weighted by Crippen LogP contribution is 2.23. The lowest BCUT2D eigenvalue weighted by Crippen LogP contribution is -2.12. The molecule has 0 bridgehead atoms. The fourth-order valence-corrected chi connectivity index (χ4v) is 2.23. The Morgan fingerprint density at radius 3 is 2.48 bits per heavy atom. The lowest BCUT2D eigenvalue weighted by Gasteiger charge is -2.07. The minimum atomic E-state index is -0.854. The van der Waals surface area contributed by atoms with Gasteiger partial charge in [0, 0.05) is 11.6 Å². The molecular formula is C19H18N2O4. The van der Waals surface area contributed by atoms with Crippen LogP contribution in [0.3, 0.4) is 0 Å². The molecule has 0 radical (unpaired) electrons. The van der Waals surface area contributed by atoms with Crippen molar-refractivity contribution in [1.82, 2.24) is 5.16 Å². The van der Waals surface area contributed by atoms with Gasteiger partial charge in [-0.25, -0.2) is 4.79 Å². The number of primary amides is 1. The highest BCUT2D eigenvalue weighted by molar-refractivity contribution is 5.64. The lowest BCUT2D eigenvalue weighted by atomic mass is 10.1. The van der Waals surface area contributed by atoms with Crippen molar-refractivity contribution in [2.45, 2.75) is 20.1 Å². The predicted molar refractivity (Wildman–Crippen MR) is 91.8 cm³/mol. The Labute approximate surface area is 145 Å². The molecule has 3 rings (SSSR count). The molecule has 128 valence electrons. The third-order valence-electron chi connectivity index (χ3n) is 3.59. The number of aryl methyl sites for hydroxylation is 1. The quantitative estimate of drug-likeness (QED) is 0.738. The van der Waals surface area contributed by atoms with Crippen molar-refractivity contribution in [2.75, 3.05) is 0 Å². The molecule has 1 amide bonds. The average Bonchev–Trinajstić information content (AvgIpc) is 3.09. The first-order chi connectivity index (χ1) is 12.1. The maximum absolute atomic E-state index is 10.6. The van der Waals surface area contributed by atoms with Crippen LogP contribution in [0.1, 0.15) is 16.9 Å². The summed E-state index contributed by atoms with van der Waals surface area (Å²) in [6, 6.07) is 17.4. The first-order valence-electron chi connectivity index (χ1n) is 7.77. The molecule has 0 unspecified atom stereocenters. The zero-order chi connectivity index (χ0) is 17.6. The number of hydrogen-bond acceptors (Lipinski definition) is 5. The molecule has 0 spiro atoms. The molecule has 6 heteroatoms. The van der Waals surface area contributed by atoms with E-state index in [4.69, 9.17) is 15.0 Å². The zero-order valence-electron chi connectivity index (χ0n) is 13.8. The fraction of sp³-hybridized carbons (Fsp3) is 0.158. The normalized spacial score (nSPS) is 10.4. The van der Waals surface area contributed by atoms with Gasteiger partial charge in [0.05, 0.1) is 0 Å². The van der Waals surface area contributed by atoms with E-state index in [9.17, 15) is 4.79 Å². The van der Waals surface area contributed by atoms with Gasteiger partial charge in [-0.1, -0.05) is 35.0 Å². The summed E-state index contributed by atoms with van der Waals surface area (Å²) in [5, 5.41) is 3.95. The summed E-state index contributed by atoms with van der Waals surface area (Å²) in [5.41, 5.74) is 8.77. The Bertz CT molecular complexity index is 839. The molecule has 1 heterocycles. The number of carbonyl (C=O) groups is 1. The van der Waals surface area contributed by atoms with Crippen LogP contribution in [0.2, 0.25) is 0 Å². The molecule has 2 aromatic carbocycles. The lowest BCUT2D eigenvalue weighted by molar-refractivity contribution is 0.137. The summed E-state index contributed by atoms with van der Waals surface area (Å²) in [5.74, 6) is 1.19. The molecule has 25 heavy (non-hydrogen) atoms. The molecule has 0 aliphatic carbocycles. The molecule has 0 fully saturated rings. The largest absolute Gasteiger partial charge is 0.489 e. The second kappa shape index (κ2) is 7.53. The summed E-state index contributed by atoms with van der Waals surface area (Å²) in [6.07, 6.45) is -0.854. The molecule has 0 aliphatic heterocycles. The van der Waals surface area contributed by atoms with Crippen molar-refractivity contribution in [3.63, 3.8) is 0 Å². The molecular weight excluding hydrogens is 320 g/mol. The van der Waals surface area contributed by atoms with E-state index < -0.39 is 6.09 Å². The van der Waals surface area contributed by atoms with Crippen molar-refractivity contribution in [3.8, 4) is 17.0 Å². The van der Waals surface area contributed by atoms with E-state index in [2.05, 4.69) is 41.1 Å². The number of benzene rings is 2. The first kappa shape index (κ1) is 16.6. The van der Waals surface area contributed by atoms with Crippen LogP contribution in [-0.2, 0) is 18.0 Å². The number of ether oxygens (including phenoxy) is 2. The van der Waals surface area contributed by atoms with Gasteiger partial charge in [0.2, 0.25) is 0 Å². The second-order valence-corrected chi connectivity index (χ2v) is 5.58. The standard InChI is InChI=1S/C19H18N2O4/c1-13-2-4-14(5-3-13)11-23-16-8-6-15(7-9-16)18-10-17(25-21-18)12-24-19(20)22/h2-10H,11-12H2,1H3,(H2,20,22).